The fourth-order valence-electron chi connectivity index (χ4n) is 17.2. The summed E-state index contributed by atoms with van der Waals surface area (Å²) in [6.07, 6.45) is 4.73. The first-order valence-electron chi connectivity index (χ1n) is 32.1. The molecule has 0 aromatic heterocycles. The Kier molecular flexibility index (Phi) is 13.2. The van der Waals surface area contributed by atoms with Gasteiger partial charge in [0, 0.05) is 45.2 Å². The van der Waals surface area contributed by atoms with Crippen molar-refractivity contribution in [1.29, 1.82) is 0 Å². The van der Waals surface area contributed by atoms with E-state index >= 15 is 0 Å². The summed E-state index contributed by atoms with van der Waals surface area (Å²) in [5.41, 5.74) is 19.3. The topological polar surface area (TPSA) is 9.72 Å². The third-order valence-corrected chi connectivity index (χ3v) is 30.9. The van der Waals surface area contributed by atoms with Crippen LogP contribution in [0.2, 0.25) is 0 Å². The van der Waals surface area contributed by atoms with Gasteiger partial charge in [0.05, 0.1) is 11.2 Å². The molecule has 6 heteroatoms. The molecule has 4 aliphatic rings. The van der Waals surface area contributed by atoms with Crippen molar-refractivity contribution >= 4 is 126 Å². The molecule has 0 N–H and O–H groups in total. The first kappa shape index (κ1) is 54.9. The van der Waals surface area contributed by atoms with Gasteiger partial charge >= 0.3 is 0 Å². The Morgan fingerprint density at radius 1 is 0.360 bits per heavy atom. The highest BCUT2D eigenvalue weighted by Crippen LogP contribution is 2.62. The summed E-state index contributed by atoms with van der Waals surface area (Å²) in [5.74, 6) is 0. The second-order valence-corrected chi connectivity index (χ2v) is 33.6. The van der Waals surface area contributed by atoms with Crippen LogP contribution in [0.25, 0.3) is 0 Å². The molecule has 3 aliphatic heterocycles. The molecule has 2 atom stereocenters. The van der Waals surface area contributed by atoms with E-state index in [1.807, 2.05) is 0 Å². The van der Waals surface area contributed by atoms with Crippen LogP contribution < -0.4 is 72.6 Å². The molecule has 3 nitrogen and oxygen atoms in total. The highest BCUT2D eigenvalue weighted by Gasteiger charge is 2.61. The van der Waals surface area contributed by atoms with Crippen molar-refractivity contribution in [3.05, 3.63) is 320 Å². The zero-order valence-corrected chi connectivity index (χ0v) is 53.5. The fourth-order valence-corrected chi connectivity index (χ4v) is 26.7. The van der Waals surface area contributed by atoms with E-state index < -0.39 is 16.1 Å². The van der Waals surface area contributed by atoms with E-state index in [0.29, 0.717) is 0 Å². The molecule has 12 aromatic carbocycles. The average molecular weight is 1180 g/mol. The molecular formula is C83H72BN3Si2. The molecule has 0 spiro atoms. The zero-order chi connectivity index (χ0) is 60.1. The minimum Gasteiger partial charge on any atom is -0.335 e. The number of hydrogen-bond acceptors (Lipinski definition) is 3. The number of aryl methyl sites for hydroxylation is 3. The van der Waals surface area contributed by atoms with Gasteiger partial charge in [-0.25, -0.2) is 0 Å². The smallest absolute Gasteiger partial charge is 0.252 e. The largest absolute Gasteiger partial charge is 0.335 e. The highest BCUT2D eigenvalue weighted by atomic mass is 28.3. The summed E-state index contributed by atoms with van der Waals surface area (Å²) in [6, 6.07) is 114. The van der Waals surface area contributed by atoms with Crippen molar-refractivity contribution in [2.45, 2.75) is 71.3 Å². The van der Waals surface area contributed by atoms with E-state index in [1.54, 1.807) is 0 Å². The van der Waals surface area contributed by atoms with E-state index in [9.17, 15) is 0 Å². The van der Waals surface area contributed by atoms with Gasteiger partial charge in [-0.1, -0.05) is 280 Å². The number of benzene rings is 12. The van der Waals surface area contributed by atoms with Crippen molar-refractivity contribution in [3.63, 3.8) is 0 Å². The van der Waals surface area contributed by atoms with Crippen molar-refractivity contribution < 1.29 is 0 Å². The van der Waals surface area contributed by atoms with E-state index in [-0.39, 0.29) is 17.7 Å². The second-order valence-electron chi connectivity index (χ2n) is 26.0. The van der Waals surface area contributed by atoms with Crippen LogP contribution in [-0.4, -0.2) is 28.4 Å². The lowest BCUT2D eigenvalue weighted by Gasteiger charge is -2.53. The van der Waals surface area contributed by atoms with Gasteiger partial charge in [-0.3, -0.25) is 0 Å². The fraction of sp³-hybridized carbons (Fsp3) is 0.133. The summed E-state index contributed by atoms with van der Waals surface area (Å²) in [7, 11) is -5.74. The summed E-state index contributed by atoms with van der Waals surface area (Å²) in [5, 5.41) is 10.8. The van der Waals surface area contributed by atoms with E-state index in [2.05, 4.69) is 347 Å². The lowest BCUT2D eigenvalue weighted by Crippen LogP contribution is -2.74. The summed E-state index contributed by atoms with van der Waals surface area (Å²) >= 11 is 0. The predicted octanol–water partition coefficient (Wildman–Crippen LogP) is 13.2. The Morgan fingerprint density at radius 3 is 1.25 bits per heavy atom. The molecule has 0 saturated heterocycles. The predicted molar refractivity (Wildman–Crippen MR) is 385 cm³/mol. The first-order chi connectivity index (χ1) is 43.6. The molecule has 16 rings (SSSR count). The molecule has 0 amide bonds. The monoisotopic (exact) mass is 1180 g/mol. The molecule has 3 heterocycles. The minimum atomic E-state index is -2.87. The highest BCUT2D eigenvalue weighted by molar-refractivity contribution is 7.20. The number of rotatable bonds is 12. The molecule has 1 saturated carbocycles. The molecule has 2 unspecified atom stereocenters. The van der Waals surface area contributed by atoms with Gasteiger partial charge in [0.15, 0.2) is 16.1 Å². The molecule has 1 fully saturated rings. The van der Waals surface area contributed by atoms with Crippen molar-refractivity contribution in [1.82, 2.24) is 0 Å². The van der Waals surface area contributed by atoms with Gasteiger partial charge in [0.25, 0.3) is 6.71 Å². The summed E-state index contributed by atoms with van der Waals surface area (Å²) in [6.45, 7) is 12.2. The molecule has 430 valence electrons. The SMILES string of the molecule is Cc1cc2c3c(c1)C1(C)CCCCC1(C)N3c1cc(N(c3ccc([Si](c4ccccc4)(c4ccccc4)c4ccccc4)cc3)c3ccc([Si](c4ccccc4)(c4ccccc4)c4ccccc4)cc3)cc3c1B2c1cccc(C)c1N3c1ccccc1C. The Balaban J connectivity index is 0.988. The minimum absolute atomic E-state index is 0.0348. The lowest BCUT2D eigenvalue weighted by molar-refractivity contribution is 0.195. The molecular weight excluding hydrogens is 1110 g/mol. The third kappa shape index (κ3) is 8.15. The van der Waals surface area contributed by atoms with Crippen LogP contribution in [0.4, 0.5) is 45.5 Å². The average Bonchev–Trinajstić information content (AvgIpc) is 1.54. The summed E-state index contributed by atoms with van der Waals surface area (Å²) in [4.78, 5) is 8.15. The van der Waals surface area contributed by atoms with Gasteiger partial charge in [0.1, 0.15) is 0 Å². The van der Waals surface area contributed by atoms with E-state index in [4.69, 9.17) is 0 Å². The number of anilines is 8. The zero-order valence-electron chi connectivity index (χ0n) is 51.5. The van der Waals surface area contributed by atoms with Crippen LogP contribution in [0.15, 0.2) is 297 Å². The molecule has 12 aromatic rings. The Hall–Kier alpha value is -9.46. The van der Waals surface area contributed by atoms with Crippen molar-refractivity contribution in [2.24, 2.45) is 0 Å². The van der Waals surface area contributed by atoms with Gasteiger partial charge in [-0.05, 0) is 158 Å². The number of hydrogen-bond donors (Lipinski definition) is 0. The lowest BCUT2D eigenvalue weighted by atomic mass is 9.33. The van der Waals surface area contributed by atoms with Crippen LogP contribution in [0.3, 0.4) is 0 Å². The maximum atomic E-state index is 2.90. The Labute approximate surface area is 528 Å². The van der Waals surface area contributed by atoms with Gasteiger partial charge in [0.2, 0.25) is 0 Å². The Bertz CT molecular complexity index is 4260. The van der Waals surface area contributed by atoms with Gasteiger partial charge in [-0.2, -0.15) is 0 Å². The molecule has 0 radical (unpaired) electrons. The van der Waals surface area contributed by atoms with Crippen molar-refractivity contribution in [3.8, 4) is 0 Å². The molecule has 1 aliphatic carbocycles. The van der Waals surface area contributed by atoms with Crippen LogP contribution in [0.1, 0.15) is 61.8 Å². The maximum absolute atomic E-state index is 2.90. The first-order valence-corrected chi connectivity index (χ1v) is 36.1. The van der Waals surface area contributed by atoms with Gasteiger partial charge in [-0.15, -0.1) is 0 Å². The molecule has 89 heavy (non-hydrogen) atoms. The molecule has 0 bridgehead atoms. The van der Waals surface area contributed by atoms with Crippen LogP contribution >= 0.6 is 0 Å². The van der Waals surface area contributed by atoms with Crippen molar-refractivity contribution in [2.75, 3.05) is 14.7 Å². The number of nitrogens with zero attached hydrogens (tertiary/aromatic N) is 3. The quantitative estimate of drug-likeness (QED) is 0.0892. The normalized spacial score (nSPS) is 17.1. The van der Waals surface area contributed by atoms with Crippen LogP contribution in [-0.2, 0) is 5.41 Å². The van der Waals surface area contributed by atoms with Gasteiger partial charge < -0.3 is 14.7 Å². The maximum Gasteiger partial charge on any atom is 0.252 e. The van der Waals surface area contributed by atoms with Crippen LogP contribution in [0, 0.1) is 20.8 Å². The third-order valence-electron chi connectivity index (χ3n) is 21.4. The van der Waals surface area contributed by atoms with E-state index in [0.717, 1.165) is 29.9 Å². The number of para-hydroxylation sites is 2. The number of fused-ring (bicyclic) bond motifs is 7. The van der Waals surface area contributed by atoms with Crippen LogP contribution in [0.5, 0.6) is 0 Å². The Morgan fingerprint density at radius 2 is 0.775 bits per heavy atom. The standard InChI is InChI=1S/C83H72BN3Si2/c1-59-55-73-81-75(56-59)84-74-43-28-30-61(3)80(74)86(76-44-25-24-29-60(76)2)77-57-64(58-78(79(77)84)87(81)83(5)54-27-26-53-82(73,83)4)85(62-45-49-71(50-46-62)88(65-31-12-6-13-32-65,66-33-14-7-15-34-66)67-35-16-8-17-36-67)63-47-51-72(52-48-63)89(68-37-18-9-19-38-68,69-39-20-10-21-40-69)70-41-22-11-23-42-70/h6-25,28-52,55-58H,26-27,53-54H2,1-5H3. The summed E-state index contributed by atoms with van der Waals surface area (Å²) < 4.78 is 0. The second kappa shape index (κ2) is 21.4. The van der Waals surface area contributed by atoms with E-state index in [1.165, 1.54) is 121 Å².